The third-order valence-electron chi connectivity index (χ3n) is 4.02. The number of nitrogens with zero attached hydrogens (tertiary/aromatic N) is 1. The Morgan fingerprint density at radius 2 is 1.77 bits per heavy atom. The highest BCUT2D eigenvalue weighted by molar-refractivity contribution is 7.89. The highest BCUT2D eigenvalue weighted by Crippen LogP contribution is 2.22. The predicted octanol–water partition coefficient (Wildman–Crippen LogP) is 2.41. The topological polar surface area (TPSA) is 66.5 Å². The Kier molecular flexibility index (Phi) is 5.47. The van der Waals surface area contributed by atoms with Crippen LogP contribution in [0.2, 0.25) is 5.02 Å². The number of rotatable bonds is 4. The van der Waals surface area contributed by atoms with E-state index in [0.717, 1.165) is 19.3 Å². The normalized spacial score (nSPS) is 22.6. The molecule has 2 atom stereocenters. The fraction of sp³-hybridized carbons (Fsp3) is 0.533. The van der Waals surface area contributed by atoms with Gasteiger partial charge in [-0.1, -0.05) is 11.6 Å². The average Bonchev–Trinajstić information content (AvgIpc) is 2.45. The molecule has 2 rings (SSSR count). The Bertz CT molecular complexity index is 621. The van der Waals surface area contributed by atoms with E-state index in [1.165, 1.54) is 24.3 Å². The van der Waals surface area contributed by atoms with Gasteiger partial charge in [0, 0.05) is 17.1 Å². The second-order valence-electron chi connectivity index (χ2n) is 5.71. The first-order chi connectivity index (χ1) is 10.3. The van der Waals surface area contributed by atoms with Gasteiger partial charge in [-0.25, -0.2) is 13.1 Å². The molecule has 0 aromatic heterocycles. The highest BCUT2D eigenvalue weighted by Gasteiger charge is 2.29. The van der Waals surface area contributed by atoms with E-state index in [4.69, 9.17) is 11.6 Å². The molecular weight excluding hydrogens is 324 g/mol. The largest absolute Gasteiger partial charge is 0.336 e. The van der Waals surface area contributed by atoms with E-state index >= 15 is 0 Å². The van der Waals surface area contributed by atoms with Crippen molar-refractivity contribution < 1.29 is 13.2 Å². The molecule has 22 heavy (non-hydrogen) atoms. The van der Waals surface area contributed by atoms with Gasteiger partial charge in [-0.3, -0.25) is 4.79 Å². The van der Waals surface area contributed by atoms with Crippen molar-refractivity contribution in [3.63, 3.8) is 0 Å². The van der Waals surface area contributed by atoms with Crippen molar-refractivity contribution in [1.82, 2.24) is 9.62 Å². The van der Waals surface area contributed by atoms with Crippen LogP contribution in [-0.2, 0) is 14.8 Å². The first kappa shape index (κ1) is 17.2. The molecule has 0 radical (unpaired) electrons. The number of piperidine rings is 1. The zero-order chi connectivity index (χ0) is 16.3. The lowest BCUT2D eigenvalue weighted by Crippen LogP contribution is -2.51. The Labute approximate surface area is 136 Å². The summed E-state index contributed by atoms with van der Waals surface area (Å²) in [7, 11) is -3.70. The molecule has 1 aromatic rings. The summed E-state index contributed by atoms with van der Waals surface area (Å²) >= 11 is 5.75. The van der Waals surface area contributed by atoms with E-state index < -0.39 is 10.0 Å². The van der Waals surface area contributed by atoms with Crippen molar-refractivity contribution in [2.45, 2.75) is 50.1 Å². The van der Waals surface area contributed by atoms with Gasteiger partial charge in [0.25, 0.3) is 0 Å². The maximum absolute atomic E-state index is 12.3. The van der Waals surface area contributed by atoms with Gasteiger partial charge in [0.2, 0.25) is 15.9 Å². The summed E-state index contributed by atoms with van der Waals surface area (Å²) in [6, 6.07) is 6.15. The Balaban J connectivity index is 2.02. The van der Waals surface area contributed by atoms with Crippen molar-refractivity contribution in [3.05, 3.63) is 29.3 Å². The average molecular weight is 345 g/mol. The summed E-state index contributed by atoms with van der Waals surface area (Å²) in [5, 5.41) is 0.464. The van der Waals surface area contributed by atoms with Crippen LogP contribution < -0.4 is 4.72 Å². The molecule has 1 aliphatic heterocycles. The van der Waals surface area contributed by atoms with Crippen LogP contribution in [0.15, 0.2) is 29.2 Å². The number of benzene rings is 1. The van der Waals surface area contributed by atoms with Crippen LogP contribution in [0.5, 0.6) is 0 Å². The van der Waals surface area contributed by atoms with Crippen LogP contribution in [0, 0.1) is 0 Å². The molecule has 0 saturated carbocycles. The third-order valence-corrected chi connectivity index (χ3v) is 5.69. The van der Waals surface area contributed by atoms with Gasteiger partial charge in [-0.05, 0) is 57.4 Å². The third kappa shape index (κ3) is 4.00. The number of carbonyl (C=O) groups is 1. The SMILES string of the molecule is CC1CCCC(C)N1C(=O)CNS(=O)(=O)c1ccc(Cl)cc1. The van der Waals surface area contributed by atoms with Crippen LogP contribution in [0.25, 0.3) is 0 Å². The molecule has 0 bridgehead atoms. The molecule has 1 saturated heterocycles. The number of amides is 1. The summed E-state index contributed by atoms with van der Waals surface area (Å²) in [5.41, 5.74) is 0. The number of hydrogen-bond acceptors (Lipinski definition) is 3. The van der Waals surface area contributed by atoms with E-state index in [0.29, 0.717) is 5.02 Å². The van der Waals surface area contributed by atoms with Crippen molar-refractivity contribution in [2.24, 2.45) is 0 Å². The van der Waals surface area contributed by atoms with Crippen molar-refractivity contribution >= 4 is 27.5 Å². The molecule has 1 fully saturated rings. The fourth-order valence-corrected chi connectivity index (χ4v) is 3.96. The van der Waals surface area contributed by atoms with Crippen LogP contribution >= 0.6 is 11.6 Å². The van der Waals surface area contributed by atoms with E-state index in [-0.39, 0.29) is 29.4 Å². The molecule has 1 amide bonds. The number of sulfonamides is 1. The Hall–Kier alpha value is -1.11. The summed E-state index contributed by atoms with van der Waals surface area (Å²) in [5.74, 6) is -0.183. The van der Waals surface area contributed by atoms with Gasteiger partial charge in [0.05, 0.1) is 11.4 Å². The number of hydrogen-bond donors (Lipinski definition) is 1. The lowest BCUT2D eigenvalue weighted by molar-refractivity contribution is -0.135. The summed E-state index contributed by atoms with van der Waals surface area (Å²) in [6.45, 7) is 3.78. The molecule has 1 aliphatic rings. The quantitative estimate of drug-likeness (QED) is 0.912. The first-order valence-electron chi connectivity index (χ1n) is 7.37. The first-order valence-corrected chi connectivity index (χ1v) is 9.24. The zero-order valence-corrected chi connectivity index (χ0v) is 14.3. The highest BCUT2D eigenvalue weighted by atomic mass is 35.5. The number of carbonyl (C=O) groups excluding carboxylic acids is 1. The maximum atomic E-state index is 12.3. The molecule has 0 spiro atoms. The van der Waals surface area contributed by atoms with Crippen LogP contribution in [0.1, 0.15) is 33.1 Å². The molecule has 0 aliphatic carbocycles. The van der Waals surface area contributed by atoms with Gasteiger partial charge in [-0.2, -0.15) is 0 Å². The van der Waals surface area contributed by atoms with Crippen LogP contribution in [0.4, 0.5) is 0 Å². The summed E-state index contributed by atoms with van der Waals surface area (Å²) in [6.07, 6.45) is 3.02. The molecule has 122 valence electrons. The summed E-state index contributed by atoms with van der Waals surface area (Å²) < 4.78 is 26.7. The van der Waals surface area contributed by atoms with Crippen molar-refractivity contribution in [2.75, 3.05) is 6.54 Å². The fourth-order valence-electron chi connectivity index (χ4n) is 2.86. The lowest BCUT2D eigenvalue weighted by atomic mass is 9.97. The predicted molar refractivity (Wildman–Crippen MR) is 86.3 cm³/mol. The second kappa shape index (κ2) is 6.98. The Morgan fingerprint density at radius 1 is 1.23 bits per heavy atom. The number of nitrogens with one attached hydrogen (secondary N) is 1. The molecule has 7 heteroatoms. The van der Waals surface area contributed by atoms with Crippen molar-refractivity contribution in [1.29, 1.82) is 0 Å². The maximum Gasteiger partial charge on any atom is 0.241 e. The summed E-state index contributed by atoms with van der Waals surface area (Å²) in [4.78, 5) is 14.2. The second-order valence-corrected chi connectivity index (χ2v) is 7.91. The van der Waals surface area contributed by atoms with Gasteiger partial charge in [0.1, 0.15) is 0 Å². The molecule has 1 aromatic carbocycles. The Morgan fingerprint density at radius 3 is 2.32 bits per heavy atom. The van der Waals surface area contributed by atoms with Crippen LogP contribution in [0.3, 0.4) is 0 Å². The molecule has 1 heterocycles. The van der Waals surface area contributed by atoms with E-state index in [2.05, 4.69) is 4.72 Å². The minimum atomic E-state index is -3.70. The van der Waals surface area contributed by atoms with Gasteiger partial charge in [-0.15, -0.1) is 0 Å². The number of likely N-dealkylation sites (tertiary alicyclic amines) is 1. The van der Waals surface area contributed by atoms with Gasteiger partial charge >= 0.3 is 0 Å². The molecule has 1 N–H and O–H groups in total. The van der Waals surface area contributed by atoms with E-state index in [1.54, 1.807) is 4.90 Å². The van der Waals surface area contributed by atoms with E-state index in [1.807, 2.05) is 13.8 Å². The van der Waals surface area contributed by atoms with Crippen LogP contribution in [-0.4, -0.2) is 37.9 Å². The van der Waals surface area contributed by atoms with Crippen molar-refractivity contribution in [3.8, 4) is 0 Å². The molecular formula is C15H21ClN2O3S. The standard InChI is InChI=1S/C15H21ClN2O3S/c1-11-4-3-5-12(2)18(11)15(19)10-17-22(20,21)14-8-6-13(16)7-9-14/h6-9,11-12,17H,3-5,10H2,1-2H3. The monoisotopic (exact) mass is 344 g/mol. The number of halogens is 1. The van der Waals surface area contributed by atoms with E-state index in [9.17, 15) is 13.2 Å². The van der Waals surface area contributed by atoms with Gasteiger partial charge < -0.3 is 4.90 Å². The molecule has 5 nitrogen and oxygen atoms in total. The minimum absolute atomic E-state index is 0.101. The minimum Gasteiger partial charge on any atom is -0.336 e. The van der Waals surface area contributed by atoms with Gasteiger partial charge in [0.15, 0.2) is 0 Å². The smallest absolute Gasteiger partial charge is 0.241 e. The lowest BCUT2D eigenvalue weighted by Gasteiger charge is -2.39. The zero-order valence-electron chi connectivity index (χ0n) is 12.8. The molecule has 2 unspecified atom stereocenters.